The molecule has 1 N–H and O–H groups in total. The third-order valence-corrected chi connectivity index (χ3v) is 5.24. The van der Waals surface area contributed by atoms with Crippen LogP contribution in [0.1, 0.15) is 42.5 Å². The number of piperidine rings is 2. The Kier molecular flexibility index (Phi) is 6.37. The van der Waals surface area contributed by atoms with Crippen molar-refractivity contribution in [3.05, 3.63) is 35.4 Å². The van der Waals surface area contributed by atoms with Gasteiger partial charge in [-0.3, -0.25) is 4.79 Å². The Morgan fingerprint density at radius 3 is 2.64 bits per heavy atom. The molecular formula is C19H27F2N3O. The summed E-state index contributed by atoms with van der Waals surface area (Å²) in [6.45, 7) is 5.35. The third kappa shape index (κ3) is 4.76. The maximum Gasteiger partial charge on any atom is 0.254 e. The monoisotopic (exact) mass is 351 g/mol. The fourth-order valence-corrected chi connectivity index (χ4v) is 3.78. The SMILES string of the molecule is O=C(c1ccc(F)c(F)c1)N(CCN1CCCCC1)C1CCCNC1. The molecule has 138 valence electrons. The first-order chi connectivity index (χ1) is 12.1. The van der Waals surface area contributed by atoms with Gasteiger partial charge in [-0.05, 0) is 63.5 Å². The van der Waals surface area contributed by atoms with Crippen LogP contribution in [0.5, 0.6) is 0 Å². The van der Waals surface area contributed by atoms with Crippen LogP contribution in [0.4, 0.5) is 8.78 Å². The van der Waals surface area contributed by atoms with Gasteiger partial charge in [0.2, 0.25) is 0 Å². The second-order valence-electron chi connectivity index (χ2n) is 7.03. The highest BCUT2D eigenvalue weighted by atomic mass is 19.2. The van der Waals surface area contributed by atoms with Gasteiger partial charge < -0.3 is 15.1 Å². The molecule has 6 heteroatoms. The topological polar surface area (TPSA) is 35.6 Å². The standard InChI is InChI=1S/C19H27F2N3O/c20-17-7-6-15(13-18(17)21)19(25)24(16-5-4-8-22-14-16)12-11-23-9-2-1-3-10-23/h6-7,13,16,22H,1-5,8-12,14H2. The Morgan fingerprint density at radius 1 is 1.16 bits per heavy atom. The molecule has 3 rings (SSSR count). The van der Waals surface area contributed by atoms with Crippen molar-refractivity contribution in [1.29, 1.82) is 0 Å². The van der Waals surface area contributed by atoms with E-state index in [1.807, 2.05) is 4.90 Å². The van der Waals surface area contributed by atoms with Gasteiger partial charge >= 0.3 is 0 Å². The van der Waals surface area contributed by atoms with Gasteiger partial charge in [0.15, 0.2) is 11.6 Å². The van der Waals surface area contributed by atoms with E-state index < -0.39 is 11.6 Å². The van der Waals surface area contributed by atoms with Crippen molar-refractivity contribution in [2.24, 2.45) is 0 Å². The van der Waals surface area contributed by atoms with Crippen LogP contribution in [0, 0.1) is 11.6 Å². The summed E-state index contributed by atoms with van der Waals surface area (Å²) in [5.41, 5.74) is 0.225. The van der Waals surface area contributed by atoms with Crippen LogP contribution in [-0.2, 0) is 0 Å². The van der Waals surface area contributed by atoms with Gasteiger partial charge in [-0.15, -0.1) is 0 Å². The second-order valence-corrected chi connectivity index (χ2v) is 7.03. The molecule has 0 saturated carbocycles. The molecule has 1 amide bonds. The molecule has 2 aliphatic rings. The summed E-state index contributed by atoms with van der Waals surface area (Å²) in [5, 5.41) is 3.34. The molecule has 25 heavy (non-hydrogen) atoms. The molecule has 0 radical (unpaired) electrons. The molecule has 0 spiro atoms. The number of likely N-dealkylation sites (tertiary alicyclic amines) is 1. The third-order valence-electron chi connectivity index (χ3n) is 5.24. The van der Waals surface area contributed by atoms with Gasteiger partial charge in [0.05, 0.1) is 0 Å². The number of hydrogen-bond acceptors (Lipinski definition) is 3. The first kappa shape index (κ1) is 18.3. The zero-order valence-corrected chi connectivity index (χ0v) is 14.6. The zero-order chi connectivity index (χ0) is 17.6. The molecule has 0 bridgehead atoms. The van der Waals surface area contributed by atoms with Gasteiger partial charge in [-0.1, -0.05) is 6.42 Å². The number of nitrogens with one attached hydrogen (secondary N) is 1. The van der Waals surface area contributed by atoms with Gasteiger partial charge in [-0.25, -0.2) is 8.78 Å². The van der Waals surface area contributed by atoms with E-state index in [0.717, 1.165) is 57.7 Å². The molecular weight excluding hydrogens is 324 g/mol. The van der Waals surface area contributed by atoms with Crippen LogP contribution >= 0.6 is 0 Å². The highest BCUT2D eigenvalue weighted by molar-refractivity contribution is 5.94. The van der Waals surface area contributed by atoms with E-state index in [2.05, 4.69) is 10.2 Å². The summed E-state index contributed by atoms with van der Waals surface area (Å²) in [5.74, 6) is -2.09. The Balaban J connectivity index is 1.71. The Hall–Kier alpha value is -1.53. The van der Waals surface area contributed by atoms with E-state index in [-0.39, 0.29) is 17.5 Å². The first-order valence-electron chi connectivity index (χ1n) is 9.34. The smallest absolute Gasteiger partial charge is 0.254 e. The predicted octanol–water partition coefficient (Wildman–Crippen LogP) is 2.64. The van der Waals surface area contributed by atoms with Crippen LogP contribution in [-0.4, -0.2) is 61.0 Å². The molecule has 2 aliphatic heterocycles. The molecule has 0 aliphatic carbocycles. The maximum absolute atomic E-state index is 13.6. The number of amides is 1. The van der Waals surface area contributed by atoms with Crippen molar-refractivity contribution in [1.82, 2.24) is 15.1 Å². The number of rotatable bonds is 5. The van der Waals surface area contributed by atoms with Gasteiger partial charge in [0, 0.05) is 31.2 Å². The van der Waals surface area contributed by atoms with Gasteiger partial charge in [-0.2, -0.15) is 0 Å². The highest BCUT2D eigenvalue weighted by Crippen LogP contribution is 2.17. The maximum atomic E-state index is 13.6. The Bertz CT molecular complexity index is 584. The summed E-state index contributed by atoms with van der Waals surface area (Å²) in [6, 6.07) is 3.54. The van der Waals surface area contributed by atoms with Crippen molar-refractivity contribution in [3.8, 4) is 0 Å². The van der Waals surface area contributed by atoms with E-state index >= 15 is 0 Å². The zero-order valence-electron chi connectivity index (χ0n) is 14.6. The summed E-state index contributed by atoms with van der Waals surface area (Å²) in [6.07, 6.45) is 5.67. The van der Waals surface area contributed by atoms with Crippen LogP contribution in [0.15, 0.2) is 18.2 Å². The van der Waals surface area contributed by atoms with Crippen LogP contribution < -0.4 is 5.32 Å². The molecule has 1 aromatic rings. The number of halogens is 2. The average molecular weight is 351 g/mol. The van der Waals surface area contributed by atoms with E-state index in [1.165, 1.54) is 25.3 Å². The molecule has 2 saturated heterocycles. The van der Waals surface area contributed by atoms with Crippen LogP contribution in [0.3, 0.4) is 0 Å². The fraction of sp³-hybridized carbons (Fsp3) is 0.632. The normalized spacial score (nSPS) is 21.9. The lowest BCUT2D eigenvalue weighted by Crippen LogP contribution is -2.51. The van der Waals surface area contributed by atoms with E-state index in [4.69, 9.17) is 0 Å². The number of hydrogen-bond donors (Lipinski definition) is 1. The number of nitrogens with zero attached hydrogens (tertiary/aromatic N) is 2. The van der Waals surface area contributed by atoms with Gasteiger partial charge in [0.25, 0.3) is 5.91 Å². The number of carbonyl (C=O) groups excluding carboxylic acids is 1. The molecule has 2 fully saturated rings. The minimum atomic E-state index is -0.969. The molecule has 1 unspecified atom stereocenters. The molecule has 2 heterocycles. The molecule has 1 aromatic carbocycles. The Labute approximate surface area is 148 Å². The van der Waals surface area contributed by atoms with E-state index in [9.17, 15) is 13.6 Å². The second kappa shape index (κ2) is 8.72. The first-order valence-corrected chi connectivity index (χ1v) is 9.34. The van der Waals surface area contributed by atoms with Crippen molar-refractivity contribution < 1.29 is 13.6 Å². The lowest BCUT2D eigenvalue weighted by Gasteiger charge is -2.37. The van der Waals surface area contributed by atoms with Crippen LogP contribution in [0.25, 0.3) is 0 Å². The molecule has 1 atom stereocenters. The van der Waals surface area contributed by atoms with Crippen molar-refractivity contribution in [2.75, 3.05) is 39.3 Å². The highest BCUT2D eigenvalue weighted by Gasteiger charge is 2.27. The predicted molar refractivity (Wildman–Crippen MR) is 93.6 cm³/mol. The summed E-state index contributed by atoms with van der Waals surface area (Å²) in [7, 11) is 0. The number of carbonyl (C=O) groups is 1. The fourth-order valence-electron chi connectivity index (χ4n) is 3.78. The molecule has 4 nitrogen and oxygen atoms in total. The Morgan fingerprint density at radius 2 is 1.96 bits per heavy atom. The summed E-state index contributed by atoms with van der Waals surface area (Å²) < 4.78 is 26.7. The minimum Gasteiger partial charge on any atom is -0.333 e. The summed E-state index contributed by atoms with van der Waals surface area (Å²) >= 11 is 0. The van der Waals surface area contributed by atoms with Crippen LogP contribution in [0.2, 0.25) is 0 Å². The van der Waals surface area contributed by atoms with E-state index in [1.54, 1.807) is 0 Å². The van der Waals surface area contributed by atoms with E-state index in [0.29, 0.717) is 6.54 Å². The van der Waals surface area contributed by atoms with Crippen molar-refractivity contribution >= 4 is 5.91 Å². The summed E-state index contributed by atoms with van der Waals surface area (Å²) in [4.78, 5) is 17.2. The number of benzene rings is 1. The lowest BCUT2D eigenvalue weighted by atomic mass is 10.0. The largest absolute Gasteiger partial charge is 0.333 e. The molecule has 0 aromatic heterocycles. The minimum absolute atomic E-state index is 0.110. The average Bonchev–Trinajstić information content (AvgIpc) is 2.66. The quantitative estimate of drug-likeness (QED) is 0.886. The van der Waals surface area contributed by atoms with Crippen molar-refractivity contribution in [2.45, 2.75) is 38.1 Å². The lowest BCUT2D eigenvalue weighted by molar-refractivity contribution is 0.0612. The van der Waals surface area contributed by atoms with Crippen molar-refractivity contribution in [3.63, 3.8) is 0 Å². The van der Waals surface area contributed by atoms with Gasteiger partial charge in [0.1, 0.15) is 0 Å².